The van der Waals surface area contributed by atoms with Crippen LogP contribution in [0.3, 0.4) is 0 Å². The SMILES string of the molecule is O=C(O)Cc1ccc2c([N+](=O)[O-])cccc2n1. The molecular weight excluding hydrogens is 224 g/mol. The van der Waals surface area contributed by atoms with E-state index in [0.29, 0.717) is 16.6 Å². The number of carboxylic acid groups (broad SMARTS) is 1. The number of benzene rings is 1. The molecule has 6 heteroatoms. The molecule has 1 N–H and O–H groups in total. The molecule has 0 amide bonds. The van der Waals surface area contributed by atoms with Gasteiger partial charge in [0.25, 0.3) is 5.69 Å². The van der Waals surface area contributed by atoms with Crippen molar-refractivity contribution in [3.05, 3.63) is 46.1 Å². The third-order valence-corrected chi connectivity index (χ3v) is 2.30. The fraction of sp³-hybridized carbons (Fsp3) is 0.0909. The average molecular weight is 232 g/mol. The molecule has 86 valence electrons. The summed E-state index contributed by atoms with van der Waals surface area (Å²) in [5.41, 5.74) is 0.778. The molecule has 0 spiro atoms. The van der Waals surface area contributed by atoms with Crippen LogP contribution in [0.2, 0.25) is 0 Å². The van der Waals surface area contributed by atoms with Gasteiger partial charge in [-0.1, -0.05) is 6.07 Å². The lowest BCUT2D eigenvalue weighted by molar-refractivity contribution is -0.383. The van der Waals surface area contributed by atoms with Crippen LogP contribution in [0, 0.1) is 10.1 Å². The molecule has 0 saturated carbocycles. The van der Waals surface area contributed by atoms with Crippen molar-refractivity contribution >= 4 is 22.6 Å². The number of carbonyl (C=O) groups is 1. The molecule has 0 unspecified atom stereocenters. The Kier molecular flexibility index (Phi) is 2.70. The number of fused-ring (bicyclic) bond motifs is 1. The molecule has 1 aromatic heterocycles. The Hall–Kier alpha value is -2.50. The number of aliphatic carboxylic acids is 1. The van der Waals surface area contributed by atoms with Crippen molar-refractivity contribution in [1.29, 1.82) is 0 Å². The van der Waals surface area contributed by atoms with E-state index in [1.54, 1.807) is 6.07 Å². The highest BCUT2D eigenvalue weighted by molar-refractivity contribution is 5.88. The fourth-order valence-electron chi connectivity index (χ4n) is 1.59. The van der Waals surface area contributed by atoms with E-state index in [1.807, 2.05) is 0 Å². The fourth-order valence-corrected chi connectivity index (χ4v) is 1.59. The monoisotopic (exact) mass is 232 g/mol. The lowest BCUT2D eigenvalue weighted by Crippen LogP contribution is -2.02. The molecule has 17 heavy (non-hydrogen) atoms. The summed E-state index contributed by atoms with van der Waals surface area (Å²) in [6, 6.07) is 7.55. The molecule has 0 saturated heterocycles. The number of nitro benzene ring substituents is 1. The molecular formula is C11H8N2O4. The van der Waals surface area contributed by atoms with Crippen LogP contribution in [0.15, 0.2) is 30.3 Å². The van der Waals surface area contributed by atoms with Gasteiger partial charge in [0.05, 0.1) is 27.9 Å². The summed E-state index contributed by atoms with van der Waals surface area (Å²) < 4.78 is 0. The van der Waals surface area contributed by atoms with E-state index in [-0.39, 0.29) is 12.1 Å². The average Bonchev–Trinajstić information content (AvgIpc) is 2.26. The number of aromatic nitrogens is 1. The van der Waals surface area contributed by atoms with Crippen LogP contribution in [0.5, 0.6) is 0 Å². The Bertz CT molecular complexity index is 609. The second-order valence-electron chi connectivity index (χ2n) is 3.47. The maximum absolute atomic E-state index is 10.8. The van der Waals surface area contributed by atoms with Crippen LogP contribution in [0.25, 0.3) is 10.9 Å². The smallest absolute Gasteiger partial charge is 0.309 e. The van der Waals surface area contributed by atoms with Crippen molar-refractivity contribution in [2.75, 3.05) is 0 Å². The van der Waals surface area contributed by atoms with E-state index >= 15 is 0 Å². The van der Waals surface area contributed by atoms with Crippen molar-refractivity contribution in [3.63, 3.8) is 0 Å². The topological polar surface area (TPSA) is 93.3 Å². The van der Waals surface area contributed by atoms with E-state index in [0.717, 1.165) is 0 Å². The van der Waals surface area contributed by atoms with E-state index in [2.05, 4.69) is 4.98 Å². The van der Waals surface area contributed by atoms with Crippen LogP contribution in [0.1, 0.15) is 5.69 Å². The van der Waals surface area contributed by atoms with E-state index in [9.17, 15) is 14.9 Å². The Balaban J connectivity index is 2.56. The van der Waals surface area contributed by atoms with Crippen LogP contribution in [-0.4, -0.2) is 21.0 Å². The Labute approximate surface area is 95.7 Å². The number of carboxylic acids is 1. The predicted octanol–water partition coefficient (Wildman–Crippen LogP) is 1.77. The van der Waals surface area contributed by atoms with E-state index < -0.39 is 10.9 Å². The summed E-state index contributed by atoms with van der Waals surface area (Å²) in [5, 5.41) is 19.8. The van der Waals surface area contributed by atoms with Crippen molar-refractivity contribution in [3.8, 4) is 0 Å². The first-order chi connectivity index (χ1) is 8.08. The second-order valence-corrected chi connectivity index (χ2v) is 3.47. The zero-order valence-corrected chi connectivity index (χ0v) is 8.66. The highest BCUT2D eigenvalue weighted by Gasteiger charge is 2.12. The van der Waals surface area contributed by atoms with Gasteiger partial charge in [-0.25, -0.2) is 0 Å². The molecule has 6 nitrogen and oxygen atoms in total. The molecule has 0 aliphatic heterocycles. The van der Waals surface area contributed by atoms with E-state index in [4.69, 9.17) is 5.11 Å². The van der Waals surface area contributed by atoms with Gasteiger partial charge in [0.2, 0.25) is 0 Å². The number of pyridine rings is 1. The number of nitrogens with zero attached hydrogens (tertiary/aromatic N) is 2. The summed E-state index contributed by atoms with van der Waals surface area (Å²) in [6.45, 7) is 0. The van der Waals surface area contributed by atoms with Crippen LogP contribution >= 0.6 is 0 Å². The van der Waals surface area contributed by atoms with Crippen molar-refractivity contribution < 1.29 is 14.8 Å². The molecule has 0 aliphatic rings. The van der Waals surface area contributed by atoms with Gasteiger partial charge in [-0.2, -0.15) is 0 Å². The molecule has 0 bridgehead atoms. The molecule has 2 rings (SSSR count). The number of hydrogen-bond acceptors (Lipinski definition) is 4. The highest BCUT2D eigenvalue weighted by atomic mass is 16.6. The highest BCUT2D eigenvalue weighted by Crippen LogP contribution is 2.24. The maximum Gasteiger partial charge on any atom is 0.309 e. The zero-order valence-electron chi connectivity index (χ0n) is 8.66. The Morgan fingerprint density at radius 3 is 2.76 bits per heavy atom. The van der Waals surface area contributed by atoms with Gasteiger partial charge in [0.15, 0.2) is 0 Å². The maximum atomic E-state index is 10.8. The standard InChI is InChI=1S/C11H8N2O4/c14-11(15)6-7-4-5-8-9(12-7)2-1-3-10(8)13(16)17/h1-5H,6H2,(H,14,15). The first kappa shape index (κ1) is 11.0. The first-order valence-corrected chi connectivity index (χ1v) is 4.83. The van der Waals surface area contributed by atoms with Gasteiger partial charge < -0.3 is 5.11 Å². The van der Waals surface area contributed by atoms with Gasteiger partial charge in [0.1, 0.15) is 0 Å². The summed E-state index contributed by atoms with van der Waals surface area (Å²) in [6.07, 6.45) is -0.196. The lowest BCUT2D eigenvalue weighted by Gasteiger charge is -2.01. The zero-order chi connectivity index (χ0) is 12.4. The third-order valence-electron chi connectivity index (χ3n) is 2.30. The minimum absolute atomic E-state index is 0.0307. The van der Waals surface area contributed by atoms with Gasteiger partial charge >= 0.3 is 5.97 Å². The molecule has 0 aliphatic carbocycles. The third kappa shape index (κ3) is 2.20. The Morgan fingerprint density at radius 1 is 1.35 bits per heavy atom. The first-order valence-electron chi connectivity index (χ1n) is 4.83. The predicted molar refractivity (Wildman–Crippen MR) is 59.7 cm³/mol. The molecule has 0 fully saturated rings. The van der Waals surface area contributed by atoms with Gasteiger partial charge in [0, 0.05) is 6.07 Å². The molecule has 0 atom stereocenters. The van der Waals surface area contributed by atoms with Gasteiger partial charge in [-0.3, -0.25) is 19.9 Å². The van der Waals surface area contributed by atoms with Gasteiger partial charge in [-0.05, 0) is 18.2 Å². The van der Waals surface area contributed by atoms with E-state index in [1.165, 1.54) is 24.3 Å². The summed E-state index contributed by atoms with van der Waals surface area (Å²) >= 11 is 0. The molecule has 1 heterocycles. The summed E-state index contributed by atoms with van der Waals surface area (Å²) in [7, 11) is 0. The largest absolute Gasteiger partial charge is 0.481 e. The molecule has 2 aromatic rings. The summed E-state index contributed by atoms with van der Waals surface area (Å²) in [5.74, 6) is -0.984. The number of rotatable bonds is 3. The van der Waals surface area contributed by atoms with Crippen LogP contribution in [0.4, 0.5) is 5.69 Å². The van der Waals surface area contributed by atoms with Crippen LogP contribution < -0.4 is 0 Å². The lowest BCUT2D eigenvalue weighted by atomic mass is 10.1. The van der Waals surface area contributed by atoms with Crippen molar-refractivity contribution in [2.24, 2.45) is 0 Å². The summed E-state index contributed by atoms with van der Waals surface area (Å²) in [4.78, 5) is 24.9. The number of hydrogen-bond donors (Lipinski definition) is 1. The number of non-ortho nitro benzene ring substituents is 1. The minimum atomic E-state index is -0.984. The molecule has 0 radical (unpaired) electrons. The number of nitro groups is 1. The van der Waals surface area contributed by atoms with Crippen molar-refractivity contribution in [1.82, 2.24) is 4.98 Å². The second kappa shape index (κ2) is 4.17. The molecule has 1 aromatic carbocycles. The van der Waals surface area contributed by atoms with Gasteiger partial charge in [-0.15, -0.1) is 0 Å². The normalized spacial score (nSPS) is 10.4. The van der Waals surface area contributed by atoms with Crippen LogP contribution in [-0.2, 0) is 11.2 Å². The Morgan fingerprint density at radius 2 is 2.12 bits per heavy atom. The quantitative estimate of drug-likeness (QED) is 0.642. The van der Waals surface area contributed by atoms with Crippen molar-refractivity contribution in [2.45, 2.75) is 6.42 Å². The minimum Gasteiger partial charge on any atom is -0.481 e.